The molecule has 0 saturated carbocycles. The van der Waals surface area contributed by atoms with Crippen LogP contribution < -0.4 is 0 Å². The van der Waals surface area contributed by atoms with Gasteiger partial charge in [0.2, 0.25) is 5.16 Å². The van der Waals surface area contributed by atoms with Crippen molar-refractivity contribution in [1.82, 2.24) is 19.6 Å². The normalized spacial score (nSPS) is 12.5. The standard InChI is InChI=1S/C17H17FN4OS/c1-9-10(2)19-16-20-17(21-22(16)11(9)3)24-12(4)15(23)13-5-7-14(18)8-6-13/h5-8,12H,1-4H3/t12-/m0/s1. The first-order chi connectivity index (χ1) is 11.4. The Kier molecular flexibility index (Phi) is 4.36. The van der Waals surface area contributed by atoms with E-state index < -0.39 is 0 Å². The number of rotatable bonds is 4. The number of benzene rings is 1. The zero-order valence-electron chi connectivity index (χ0n) is 13.9. The van der Waals surface area contributed by atoms with E-state index in [2.05, 4.69) is 15.1 Å². The minimum Gasteiger partial charge on any atom is -0.293 e. The average molecular weight is 344 g/mol. The smallest absolute Gasteiger partial charge is 0.253 e. The highest BCUT2D eigenvalue weighted by atomic mass is 32.2. The molecule has 1 aromatic carbocycles. The van der Waals surface area contributed by atoms with Gasteiger partial charge in [0.05, 0.1) is 5.25 Å². The molecule has 124 valence electrons. The van der Waals surface area contributed by atoms with E-state index >= 15 is 0 Å². The van der Waals surface area contributed by atoms with Crippen LogP contribution in [0.5, 0.6) is 0 Å². The Morgan fingerprint density at radius 2 is 1.83 bits per heavy atom. The van der Waals surface area contributed by atoms with Gasteiger partial charge in [0.25, 0.3) is 5.78 Å². The molecule has 0 aliphatic heterocycles. The van der Waals surface area contributed by atoms with E-state index in [1.165, 1.54) is 36.0 Å². The number of aryl methyl sites for hydroxylation is 2. The highest BCUT2D eigenvalue weighted by Gasteiger charge is 2.20. The molecule has 0 unspecified atom stereocenters. The lowest BCUT2D eigenvalue weighted by Crippen LogP contribution is -2.13. The summed E-state index contributed by atoms with van der Waals surface area (Å²) in [5.41, 5.74) is 3.44. The van der Waals surface area contributed by atoms with Gasteiger partial charge in [0, 0.05) is 17.0 Å². The van der Waals surface area contributed by atoms with Gasteiger partial charge in [-0.1, -0.05) is 11.8 Å². The molecule has 1 atom stereocenters. The summed E-state index contributed by atoms with van der Waals surface area (Å²) in [6.07, 6.45) is 0. The van der Waals surface area contributed by atoms with Gasteiger partial charge in [-0.15, -0.1) is 5.10 Å². The van der Waals surface area contributed by atoms with Crippen molar-refractivity contribution in [3.63, 3.8) is 0 Å². The van der Waals surface area contributed by atoms with Crippen molar-refractivity contribution in [3.8, 4) is 0 Å². The SMILES string of the molecule is Cc1nc2nc(S[C@@H](C)C(=O)c3ccc(F)cc3)nn2c(C)c1C. The summed E-state index contributed by atoms with van der Waals surface area (Å²) in [6, 6.07) is 5.55. The molecule has 7 heteroatoms. The Morgan fingerprint density at radius 1 is 1.17 bits per heavy atom. The van der Waals surface area contributed by atoms with E-state index in [4.69, 9.17) is 0 Å². The Balaban J connectivity index is 1.85. The number of hydrogen-bond donors (Lipinski definition) is 0. The summed E-state index contributed by atoms with van der Waals surface area (Å²) in [7, 11) is 0. The second-order valence-corrected chi connectivity index (χ2v) is 6.95. The Morgan fingerprint density at radius 3 is 2.50 bits per heavy atom. The number of aromatic nitrogens is 4. The number of nitrogens with zero attached hydrogens (tertiary/aromatic N) is 4. The third-order valence-electron chi connectivity index (χ3n) is 4.02. The van der Waals surface area contributed by atoms with E-state index in [0.29, 0.717) is 16.5 Å². The van der Waals surface area contributed by atoms with E-state index in [-0.39, 0.29) is 16.9 Å². The van der Waals surface area contributed by atoms with Crippen LogP contribution in [0.1, 0.15) is 34.2 Å². The average Bonchev–Trinajstić information content (AvgIpc) is 2.95. The van der Waals surface area contributed by atoms with Crippen LogP contribution in [0.3, 0.4) is 0 Å². The lowest BCUT2D eigenvalue weighted by Gasteiger charge is -2.07. The van der Waals surface area contributed by atoms with Gasteiger partial charge in [-0.05, 0) is 57.5 Å². The number of carbonyl (C=O) groups is 1. The quantitative estimate of drug-likeness (QED) is 0.535. The van der Waals surface area contributed by atoms with Crippen LogP contribution >= 0.6 is 11.8 Å². The molecule has 5 nitrogen and oxygen atoms in total. The number of Topliss-reactive ketones (excluding diaryl/α,β-unsaturated/α-hetero) is 1. The van der Waals surface area contributed by atoms with Crippen molar-refractivity contribution >= 4 is 23.3 Å². The first kappa shape index (κ1) is 16.6. The lowest BCUT2D eigenvalue weighted by atomic mass is 10.1. The Bertz CT molecular complexity index is 920. The molecule has 0 radical (unpaired) electrons. The molecule has 0 bridgehead atoms. The summed E-state index contributed by atoms with van der Waals surface area (Å²) in [5, 5.41) is 4.56. The number of hydrogen-bond acceptors (Lipinski definition) is 5. The fourth-order valence-corrected chi connectivity index (χ4v) is 3.17. The van der Waals surface area contributed by atoms with Gasteiger partial charge in [-0.3, -0.25) is 4.79 Å². The largest absolute Gasteiger partial charge is 0.293 e. The zero-order chi connectivity index (χ0) is 17.4. The number of carbonyl (C=O) groups excluding carboxylic acids is 1. The molecule has 24 heavy (non-hydrogen) atoms. The molecule has 2 aromatic heterocycles. The molecule has 0 spiro atoms. The van der Waals surface area contributed by atoms with Crippen molar-refractivity contribution in [2.45, 2.75) is 38.1 Å². The summed E-state index contributed by atoms with van der Waals surface area (Å²) in [4.78, 5) is 21.3. The van der Waals surface area contributed by atoms with Crippen LogP contribution in [0, 0.1) is 26.6 Å². The highest BCUT2D eigenvalue weighted by Crippen LogP contribution is 2.24. The van der Waals surface area contributed by atoms with Crippen LogP contribution in [0.25, 0.3) is 5.78 Å². The number of ketones is 1. The van der Waals surface area contributed by atoms with Crippen LogP contribution in [-0.4, -0.2) is 30.6 Å². The van der Waals surface area contributed by atoms with E-state index in [1.54, 1.807) is 11.4 Å². The maximum atomic E-state index is 13.0. The summed E-state index contributed by atoms with van der Waals surface area (Å²) >= 11 is 1.27. The monoisotopic (exact) mass is 344 g/mol. The lowest BCUT2D eigenvalue weighted by molar-refractivity contribution is 0.0994. The van der Waals surface area contributed by atoms with Gasteiger partial charge in [-0.25, -0.2) is 13.9 Å². The highest BCUT2D eigenvalue weighted by molar-refractivity contribution is 8.00. The molecule has 0 N–H and O–H groups in total. The minimum atomic E-state index is -0.379. The molecule has 0 fully saturated rings. The van der Waals surface area contributed by atoms with Gasteiger partial charge >= 0.3 is 0 Å². The molecule has 0 aliphatic rings. The number of thioether (sulfide) groups is 1. The van der Waals surface area contributed by atoms with E-state index in [1.807, 2.05) is 20.8 Å². The topological polar surface area (TPSA) is 60.2 Å². The van der Waals surface area contributed by atoms with Gasteiger partial charge in [-0.2, -0.15) is 4.98 Å². The second-order valence-electron chi connectivity index (χ2n) is 5.65. The summed E-state index contributed by atoms with van der Waals surface area (Å²) in [5.74, 6) is 0.0802. The van der Waals surface area contributed by atoms with Crippen molar-refractivity contribution in [2.24, 2.45) is 0 Å². The van der Waals surface area contributed by atoms with E-state index in [0.717, 1.165) is 17.0 Å². The van der Waals surface area contributed by atoms with Crippen LogP contribution in [-0.2, 0) is 0 Å². The fraction of sp³-hybridized carbons (Fsp3) is 0.294. The molecular weight excluding hydrogens is 327 g/mol. The van der Waals surface area contributed by atoms with Gasteiger partial charge in [0.15, 0.2) is 5.78 Å². The molecule has 2 heterocycles. The number of halogens is 1. The summed E-state index contributed by atoms with van der Waals surface area (Å²) < 4.78 is 14.7. The predicted octanol–water partition coefficient (Wildman–Crippen LogP) is 3.55. The molecular formula is C17H17FN4OS. The predicted molar refractivity (Wildman–Crippen MR) is 91.0 cm³/mol. The minimum absolute atomic E-state index is 0.0871. The molecule has 0 amide bonds. The van der Waals surface area contributed by atoms with Gasteiger partial charge in [0.1, 0.15) is 5.82 Å². The second kappa shape index (κ2) is 6.32. The van der Waals surface area contributed by atoms with Crippen molar-refractivity contribution in [3.05, 3.63) is 52.6 Å². The fourth-order valence-electron chi connectivity index (χ4n) is 2.35. The first-order valence-corrected chi connectivity index (χ1v) is 8.42. The van der Waals surface area contributed by atoms with Crippen LogP contribution in [0.4, 0.5) is 4.39 Å². The molecule has 3 aromatic rings. The summed E-state index contributed by atoms with van der Waals surface area (Å²) in [6.45, 7) is 7.68. The zero-order valence-corrected chi connectivity index (χ0v) is 14.7. The van der Waals surface area contributed by atoms with E-state index in [9.17, 15) is 9.18 Å². The first-order valence-electron chi connectivity index (χ1n) is 7.54. The molecule has 3 rings (SSSR count). The molecule has 0 saturated heterocycles. The van der Waals surface area contributed by atoms with Crippen molar-refractivity contribution in [1.29, 1.82) is 0 Å². The maximum absolute atomic E-state index is 13.0. The van der Waals surface area contributed by atoms with Crippen LogP contribution in [0.15, 0.2) is 29.4 Å². The van der Waals surface area contributed by atoms with Crippen molar-refractivity contribution in [2.75, 3.05) is 0 Å². The molecule has 0 aliphatic carbocycles. The maximum Gasteiger partial charge on any atom is 0.253 e. The Hall–Kier alpha value is -2.28. The third-order valence-corrected chi connectivity index (χ3v) is 4.97. The van der Waals surface area contributed by atoms with Gasteiger partial charge < -0.3 is 0 Å². The Labute approximate surface area is 143 Å². The number of fused-ring (bicyclic) bond motifs is 1. The van der Waals surface area contributed by atoms with Crippen LogP contribution in [0.2, 0.25) is 0 Å². The van der Waals surface area contributed by atoms with Crippen molar-refractivity contribution < 1.29 is 9.18 Å². The third kappa shape index (κ3) is 3.03.